The molecule has 2 heteroatoms. The van der Waals surface area contributed by atoms with Crippen LogP contribution in [0.5, 0.6) is 0 Å². The number of nitroso groups, excluding NO2 is 1. The van der Waals surface area contributed by atoms with Gasteiger partial charge in [-0.3, -0.25) is 0 Å². The Bertz CT molecular complexity index is 152. The van der Waals surface area contributed by atoms with E-state index in [1.807, 2.05) is 0 Å². The second kappa shape index (κ2) is 4.01. The first-order chi connectivity index (χ1) is 5.79. The van der Waals surface area contributed by atoms with Crippen molar-refractivity contribution in [3.63, 3.8) is 0 Å². The molecule has 0 aromatic rings. The molecule has 1 aliphatic rings. The standard InChI is InChI=1S/C10H19NO/c1-3-10(4-2)8-6-5-7-9(10)11-12/h9H,3-8H2,1-2H3. The lowest BCUT2D eigenvalue weighted by molar-refractivity contribution is 0.139. The first-order valence-electron chi connectivity index (χ1n) is 5.11. The third kappa shape index (κ3) is 1.52. The normalized spacial score (nSPS) is 28.3. The van der Waals surface area contributed by atoms with E-state index in [2.05, 4.69) is 19.0 Å². The fraction of sp³-hybridized carbons (Fsp3) is 1.00. The van der Waals surface area contributed by atoms with Crippen LogP contribution in [0.15, 0.2) is 5.18 Å². The number of hydrogen-bond acceptors (Lipinski definition) is 2. The molecule has 0 aromatic carbocycles. The van der Waals surface area contributed by atoms with Gasteiger partial charge in [-0.2, -0.15) is 4.91 Å². The smallest absolute Gasteiger partial charge is 0.0975 e. The van der Waals surface area contributed by atoms with Gasteiger partial charge in [0.05, 0.1) is 6.04 Å². The topological polar surface area (TPSA) is 29.4 Å². The van der Waals surface area contributed by atoms with E-state index in [1.165, 1.54) is 19.3 Å². The highest BCUT2D eigenvalue weighted by atomic mass is 16.3. The Morgan fingerprint density at radius 1 is 1.33 bits per heavy atom. The highest BCUT2D eigenvalue weighted by molar-refractivity contribution is 4.92. The summed E-state index contributed by atoms with van der Waals surface area (Å²) in [6.45, 7) is 4.38. The minimum absolute atomic E-state index is 0.0984. The third-order valence-corrected chi connectivity index (χ3v) is 3.64. The summed E-state index contributed by atoms with van der Waals surface area (Å²) in [5, 5.41) is 3.29. The summed E-state index contributed by atoms with van der Waals surface area (Å²) in [7, 11) is 0. The minimum Gasteiger partial charge on any atom is -0.150 e. The zero-order chi connectivity index (χ0) is 9.03. The Labute approximate surface area is 74.7 Å². The average Bonchev–Trinajstić information content (AvgIpc) is 2.17. The molecule has 0 spiro atoms. The number of rotatable bonds is 3. The molecule has 0 amide bonds. The first-order valence-corrected chi connectivity index (χ1v) is 5.11. The highest BCUT2D eigenvalue weighted by Gasteiger charge is 2.38. The average molecular weight is 169 g/mol. The molecular formula is C10H19NO. The maximum absolute atomic E-state index is 10.6. The van der Waals surface area contributed by atoms with Gasteiger partial charge in [0.1, 0.15) is 0 Å². The lowest BCUT2D eigenvalue weighted by Crippen LogP contribution is -2.35. The van der Waals surface area contributed by atoms with Gasteiger partial charge < -0.3 is 0 Å². The minimum atomic E-state index is 0.0984. The Kier molecular flexibility index (Phi) is 3.24. The summed E-state index contributed by atoms with van der Waals surface area (Å²) in [6.07, 6.45) is 6.92. The largest absolute Gasteiger partial charge is 0.150 e. The molecule has 0 aliphatic heterocycles. The van der Waals surface area contributed by atoms with E-state index in [9.17, 15) is 4.91 Å². The number of nitrogens with zero attached hydrogens (tertiary/aromatic N) is 1. The Morgan fingerprint density at radius 3 is 2.42 bits per heavy atom. The fourth-order valence-electron chi connectivity index (χ4n) is 2.53. The predicted molar refractivity (Wildman–Crippen MR) is 51.1 cm³/mol. The van der Waals surface area contributed by atoms with Gasteiger partial charge >= 0.3 is 0 Å². The van der Waals surface area contributed by atoms with Gasteiger partial charge in [0, 0.05) is 0 Å². The maximum Gasteiger partial charge on any atom is 0.0975 e. The molecule has 0 bridgehead atoms. The van der Waals surface area contributed by atoms with Crippen LogP contribution in [0.1, 0.15) is 52.4 Å². The molecule has 1 fully saturated rings. The lowest BCUT2D eigenvalue weighted by Gasteiger charge is -2.39. The zero-order valence-electron chi connectivity index (χ0n) is 8.18. The molecule has 0 aromatic heterocycles. The van der Waals surface area contributed by atoms with Crippen LogP contribution >= 0.6 is 0 Å². The van der Waals surface area contributed by atoms with E-state index < -0.39 is 0 Å². The molecule has 1 rings (SSSR count). The van der Waals surface area contributed by atoms with Crippen molar-refractivity contribution in [3.05, 3.63) is 4.91 Å². The van der Waals surface area contributed by atoms with Crippen LogP contribution in [0.25, 0.3) is 0 Å². The molecule has 0 N–H and O–H groups in total. The second-order valence-electron chi connectivity index (χ2n) is 3.94. The summed E-state index contributed by atoms with van der Waals surface area (Å²) in [4.78, 5) is 10.6. The first kappa shape index (κ1) is 9.69. The van der Waals surface area contributed by atoms with Gasteiger partial charge in [0.15, 0.2) is 0 Å². The van der Waals surface area contributed by atoms with Crippen molar-refractivity contribution in [1.82, 2.24) is 0 Å². The zero-order valence-corrected chi connectivity index (χ0v) is 8.18. The maximum atomic E-state index is 10.6. The summed E-state index contributed by atoms with van der Waals surface area (Å²) < 4.78 is 0. The van der Waals surface area contributed by atoms with Crippen molar-refractivity contribution in [2.24, 2.45) is 10.6 Å². The monoisotopic (exact) mass is 169 g/mol. The van der Waals surface area contributed by atoms with Crippen LogP contribution in [-0.4, -0.2) is 6.04 Å². The molecule has 1 unspecified atom stereocenters. The summed E-state index contributed by atoms with van der Waals surface area (Å²) in [6, 6.07) is 0.0984. The molecule has 12 heavy (non-hydrogen) atoms. The van der Waals surface area contributed by atoms with E-state index in [0.717, 1.165) is 19.3 Å². The van der Waals surface area contributed by atoms with Crippen LogP contribution in [-0.2, 0) is 0 Å². The number of hydrogen-bond donors (Lipinski definition) is 0. The molecule has 0 saturated heterocycles. The molecule has 70 valence electrons. The van der Waals surface area contributed by atoms with Crippen LogP contribution in [0.4, 0.5) is 0 Å². The molecule has 0 radical (unpaired) electrons. The lowest BCUT2D eigenvalue weighted by atomic mass is 9.67. The molecule has 1 saturated carbocycles. The van der Waals surface area contributed by atoms with Crippen molar-refractivity contribution in [1.29, 1.82) is 0 Å². The molecular weight excluding hydrogens is 150 g/mol. The van der Waals surface area contributed by atoms with Crippen molar-refractivity contribution < 1.29 is 0 Å². The van der Waals surface area contributed by atoms with Crippen molar-refractivity contribution in [3.8, 4) is 0 Å². The summed E-state index contributed by atoms with van der Waals surface area (Å²) >= 11 is 0. The fourth-order valence-corrected chi connectivity index (χ4v) is 2.53. The Balaban J connectivity index is 2.72. The van der Waals surface area contributed by atoms with Gasteiger partial charge in [-0.1, -0.05) is 31.9 Å². The molecule has 2 nitrogen and oxygen atoms in total. The Morgan fingerprint density at radius 2 is 2.00 bits per heavy atom. The predicted octanol–water partition coefficient (Wildman–Crippen LogP) is 3.50. The van der Waals surface area contributed by atoms with E-state index in [4.69, 9.17) is 0 Å². The second-order valence-corrected chi connectivity index (χ2v) is 3.94. The van der Waals surface area contributed by atoms with Gasteiger partial charge in [0.25, 0.3) is 0 Å². The Hall–Kier alpha value is -0.400. The van der Waals surface area contributed by atoms with E-state index in [1.54, 1.807) is 0 Å². The van der Waals surface area contributed by atoms with Gasteiger partial charge in [-0.05, 0) is 31.1 Å². The van der Waals surface area contributed by atoms with Crippen molar-refractivity contribution >= 4 is 0 Å². The summed E-state index contributed by atoms with van der Waals surface area (Å²) in [5.74, 6) is 0. The third-order valence-electron chi connectivity index (χ3n) is 3.64. The van der Waals surface area contributed by atoms with E-state index >= 15 is 0 Å². The summed E-state index contributed by atoms with van der Waals surface area (Å²) in [5.41, 5.74) is 0.250. The van der Waals surface area contributed by atoms with Crippen LogP contribution in [0.2, 0.25) is 0 Å². The van der Waals surface area contributed by atoms with Crippen LogP contribution in [0, 0.1) is 10.3 Å². The van der Waals surface area contributed by atoms with E-state index in [-0.39, 0.29) is 11.5 Å². The van der Waals surface area contributed by atoms with Crippen molar-refractivity contribution in [2.45, 2.75) is 58.4 Å². The van der Waals surface area contributed by atoms with Crippen LogP contribution in [0.3, 0.4) is 0 Å². The van der Waals surface area contributed by atoms with Gasteiger partial charge in [-0.25, -0.2) is 0 Å². The van der Waals surface area contributed by atoms with Gasteiger partial charge in [0.2, 0.25) is 0 Å². The quantitative estimate of drug-likeness (QED) is 0.594. The highest BCUT2D eigenvalue weighted by Crippen LogP contribution is 2.43. The van der Waals surface area contributed by atoms with Crippen molar-refractivity contribution in [2.75, 3.05) is 0 Å². The van der Waals surface area contributed by atoms with Gasteiger partial charge in [-0.15, -0.1) is 0 Å². The molecule has 1 aliphatic carbocycles. The molecule has 1 atom stereocenters. The van der Waals surface area contributed by atoms with Crippen LogP contribution < -0.4 is 0 Å². The molecule has 0 heterocycles. The SMILES string of the molecule is CCC1(CC)CCCCC1N=O. The van der Waals surface area contributed by atoms with E-state index in [0.29, 0.717) is 0 Å².